The predicted octanol–water partition coefficient (Wildman–Crippen LogP) is 1.84. The van der Waals surface area contributed by atoms with Crippen molar-refractivity contribution in [1.82, 2.24) is 9.80 Å². The third-order valence-corrected chi connectivity index (χ3v) is 4.86. The molecular weight excluding hydrogens is 326 g/mol. The zero-order valence-electron chi connectivity index (χ0n) is 13.9. The van der Waals surface area contributed by atoms with Crippen LogP contribution in [0, 0.1) is 16.0 Å². The lowest BCUT2D eigenvalue weighted by atomic mass is 9.99. The Morgan fingerprint density at radius 2 is 1.92 bits per heavy atom. The van der Waals surface area contributed by atoms with E-state index in [1.807, 2.05) is 0 Å². The first kappa shape index (κ1) is 17.1. The average Bonchev–Trinajstić information content (AvgIpc) is 2.84. The van der Waals surface area contributed by atoms with Crippen LogP contribution in [0.3, 0.4) is 0 Å². The van der Waals surface area contributed by atoms with Crippen molar-refractivity contribution in [3.05, 3.63) is 39.4 Å². The van der Waals surface area contributed by atoms with Crippen molar-refractivity contribution in [2.75, 3.05) is 19.6 Å². The standard InChI is InChI=1S/C17H19N3O5/c1-11-5-8-18(9-6-11)14(21)7-10-19-16(22)12-3-2-4-13(20(24)25)15(12)17(19)23/h2-4,11H,5-10H2,1H3. The van der Waals surface area contributed by atoms with Gasteiger partial charge in [-0.25, -0.2) is 0 Å². The van der Waals surface area contributed by atoms with E-state index in [1.165, 1.54) is 18.2 Å². The molecular formula is C17H19N3O5. The summed E-state index contributed by atoms with van der Waals surface area (Å²) in [5.41, 5.74) is -0.537. The van der Waals surface area contributed by atoms with Gasteiger partial charge in [-0.05, 0) is 24.8 Å². The van der Waals surface area contributed by atoms with E-state index in [9.17, 15) is 24.5 Å². The summed E-state index contributed by atoms with van der Waals surface area (Å²) in [6.45, 7) is 3.46. The molecule has 0 saturated carbocycles. The van der Waals surface area contributed by atoms with Gasteiger partial charge < -0.3 is 4.90 Å². The smallest absolute Gasteiger partial charge is 0.282 e. The molecule has 3 amide bonds. The Bertz CT molecular complexity index is 753. The molecule has 0 unspecified atom stereocenters. The van der Waals surface area contributed by atoms with Crippen molar-refractivity contribution in [2.24, 2.45) is 5.92 Å². The number of rotatable bonds is 4. The number of hydrogen-bond acceptors (Lipinski definition) is 5. The lowest BCUT2D eigenvalue weighted by Crippen LogP contribution is -2.40. The highest BCUT2D eigenvalue weighted by atomic mass is 16.6. The number of likely N-dealkylation sites (tertiary alicyclic amines) is 1. The van der Waals surface area contributed by atoms with E-state index < -0.39 is 16.7 Å². The van der Waals surface area contributed by atoms with Crippen molar-refractivity contribution >= 4 is 23.4 Å². The number of piperidine rings is 1. The predicted molar refractivity (Wildman–Crippen MR) is 88.1 cm³/mol. The summed E-state index contributed by atoms with van der Waals surface area (Å²) in [7, 11) is 0. The van der Waals surface area contributed by atoms with E-state index in [1.54, 1.807) is 4.90 Å². The van der Waals surface area contributed by atoms with Crippen LogP contribution >= 0.6 is 0 Å². The third-order valence-electron chi connectivity index (χ3n) is 4.86. The van der Waals surface area contributed by atoms with Crippen LogP contribution in [0.1, 0.15) is 46.9 Å². The highest BCUT2D eigenvalue weighted by molar-refractivity contribution is 6.23. The number of carbonyl (C=O) groups excluding carboxylic acids is 3. The van der Waals surface area contributed by atoms with Crippen molar-refractivity contribution in [1.29, 1.82) is 0 Å². The van der Waals surface area contributed by atoms with Crippen LogP contribution in [0.4, 0.5) is 5.69 Å². The zero-order valence-corrected chi connectivity index (χ0v) is 13.9. The molecule has 1 fully saturated rings. The van der Waals surface area contributed by atoms with Crippen molar-refractivity contribution < 1.29 is 19.3 Å². The molecule has 3 rings (SSSR count). The van der Waals surface area contributed by atoms with Crippen molar-refractivity contribution in [3.63, 3.8) is 0 Å². The van der Waals surface area contributed by atoms with E-state index >= 15 is 0 Å². The number of hydrogen-bond donors (Lipinski definition) is 0. The first-order chi connectivity index (χ1) is 11.9. The minimum Gasteiger partial charge on any atom is -0.343 e. The van der Waals surface area contributed by atoms with Gasteiger partial charge in [-0.3, -0.25) is 29.4 Å². The molecule has 132 valence electrons. The number of imide groups is 1. The van der Waals surface area contributed by atoms with Gasteiger partial charge in [0.05, 0.1) is 10.5 Å². The first-order valence-electron chi connectivity index (χ1n) is 8.31. The molecule has 0 aliphatic carbocycles. The molecule has 0 bridgehead atoms. The molecule has 1 aromatic rings. The van der Waals surface area contributed by atoms with E-state index in [4.69, 9.17) is 0 Å². The van der Waals surface area contributed by atoms with Gasteiger partial charge in [0.25, 0.3) is 17.5 Å². The number of benzene rings is 1. The minimum atomic E-state index is -0.702. The van der Waals surface area contributed by atoms with Crippen LogP contribution in [0.15, 0.2) is 18.2 Å². The number of amides is 3. The highest BCUT2D eigenvalue weighted by Gasteiger charge is 2.41. The molecule has 0 atom stereocenters. The molecule has 2 aliphatic rings. The van der Waals surface area contributed by atoms with Gasteiger partial charge in [0.15, 0.2) is 0 Å². The molecule has 0 N–H and O–H groups in total. The summed E-state index contributed by atoms with van der Waals surface area (Å²) in [5, 5.41) is 11.1. The number of nitro benzene ring substituents is 1. The number of nitro groups is 1. The fraction of sp³-hybridized carbons (Fsp3) is 0.471. The Balaban J connectivity index is 1.69. The maximum absolute atomic E-state index is 12.4. The highest BCUT2D eigenvalue weighted by Crippen LogP contribution is 2.30. The van der Waals surface area contributed by atoms with Crippen LogP contribution < -0.4 is 0 Å². The minimum absolute atomic E-state index is 0.0263. The van der Waals surface area contributed by atoms with Gasteiger partial charge >= 0.3 is 0 Å². The fourth-order valence-electron chi connectivity index (χ4n) is 3.29. The van der Waals surface area contributed by atoms with Crippen molar-refractivity contribution in [3.8, 4) is 0 Å². The van der Waals surface area contributed by atoms with Gasteiger partial charge in [0, 0.05) is 32.1 Å². The quantitative estimate of drug-likeness (QED) is 0.471. The van der Waals surface area contributed by atoms with Gasteiger partial charge in [-0.1, -0.05) is 13.0 Å². The largest absolute Gasteiger partial charge is 0.343 e. The number of nitrogens with zero attached hydrogens (tertiary/aromatic N) is 3. The Labute approximate surface area is 144 Å². The molecule has 1 saturated heterocycles. The summed E-state index contributed by atoms with van der Waals surface area (Å²) in [6, 6.07) is 3.98. The molecule has 8 heteroatoms. The van der Waals surface area contributed by atoms with Crippen LogP contribution in [0.5, 0.6) is 0 Å². The Morgan fingerprint density at radius 3 is 2.56 bits per heavy atom. The monoisotopic (exact) mass is 345 g/mol. The van der Waals surface area contributed by atoms with Crippen LogP contribution in [0.25, 0.3) is 0 Å². The van der Waals surface area contributed by atoms with Gasteiger partial charge in [-0.2, -0.15) is 0 Å². The Hall–Kier alpha value is -2.77. The van der Waals surface area contributed by atoms with Gasteiger partial charge in [0.2, 0.25) is 5.91 Å². The molecule has 2 aliphatic heterocycles. The van der Waals surface area contributed by atoms with E-state index in [0.29, 0.717) is 19.0 Å². The molecule has 0 spiro atoms. The Morgan fingerprint density at radius 1 is 1.24 bits per heavy atom. The molecule has 1 aromatic carbocycles. The zero-order chi connectivity index (χ0) is 18.1. The molecule has 25 heavy (non-hydrogen) atoms. The summed E-state index contributed by atoms with van der Waals surface area (Å²) in [5.74, 6) is -0.782. The average molecular weight is 345 g/mol. The fourth-order valence-corrected chi connectivity index (χ4v) is 3.29. The summed E-state index contributed by atoms with van der Waals surface area (Å²) in [4.78, 5) is 50.2. The van der Waals surface area contributed by atoms with Gasteiger partial charge in [0.1, 0.15) is 5.56 Å². The van der Waals surface area contributed by atoms with E-state index in [2.05, 4.69) is 6.92 Å². The summed E-state index contributed by atoms with van der Waals surface area (Å²) in [6.07, 6.45) is 1.93. The Kier molecular flexibility index (Phi) is 4.52. The second-order valence-corrected chi connectivity index (χ2v) is 6.53. The van der Waals surface area contributed by atoms with E-state index in [0.717, 1.165) is 17.7 Å². The molecule has 0 radical (unpaired) electrons. The molecule has 2 heterocycles. The van der Waals surface area contributed by atoms with Crippen LogP contribution in [0.2, 0.25) is 0 Å². The van der Waals surface area contributed by atoms with E-state index in [-0.39, 0.29) is 35.7 Å². The third kappa shape index (κ3) is 3.11. The number of carbonyl (C=O) groups is 3. The lowest BCUT2D eigenvalue weighted by molar-refractivity contribution is -0.385. The first-order valence-corrected chi connectivity index (χ1v) is 8.31. The molecule has 0 aromatic heterocycles. The summed E-state index contributed by atoms with van der Waals surface area (Å²) >= 11 is 0. The van der Waals surface area contributed by atoms with Gasteiger partial charge in [-0.15, -0.1) is 0 Å². The normalized spacial score (nSPS) is 17.8. The topological polar surface area (TPSA) is 101 Å². The second-order valence-electron chi connectivity index (χ2n) is 6.53. The maximum Gasteiger partial charge on any atom is 0.282 e. The van der Waals surface area contributed by atoms with Crippen molar-refractivity contribution in [2.45, 2.75) is 26.2 Å². The molecule has 8 nitrogen and oxygen atoms in total. The van der Waals surface area contributed by atoms with Crippen LogP contribution in [-0.2, 0) is 4.79 Å². The van der Waals surface area contributed by atoms with Crippen LogP contribution in [-0.4, -0.2) is 52.1 Å². The lowest BCUT2D eigenvalue weighted by Gasteiger charge is -2.30. The summed E-state index contributed by atoms with van der Waals surface area (Å²) < 4.78 is 0. The maximum atomic E-state index is 12.4. The second kappa shape index (κ2) is 6.62. The SMILES string of the molecule is CC1CCN(C(=O)CCN2C(=O)c3cccc([N+](=O)[O-])c3C2=O)CC1. The number of fused-ring (bicyclic) bond motifs is 1.